The highest BCUT2D eigenvalue weighted by molar-refractivity contribution is 7.99. The molecule has 1 aliphatic heterocycles. The van der Waals surface area contributed by atoms with Crippen molar-refractivity contribution in [2.75, 3.05) is 5.75 Å². The molecule has 26 heavy (non-hydrogen) atoms. The molecule has 0 saturated heterocycles. The number of hydrogen-bond acceptors (Lipinski definition) is 4. The molecule has 0 fully saturated rings. The number of aromatic nitrogens is 2. The fraction of sp³-hybridized carbons (Fsp3) is 0.381. The summed E-state index contributed by atoms with van der Waals surface area (Å²) in [4.78, 5) is 20.4. The Morgan fingerprint density at radius 3 is 2.73 bits per heavy atom. The summed E-state index contributed by atoms with van der Waals surface area (Å²) in [6.07, 6.45) is 4.99. The molecule has 1 aromatic carbocycles. The largest absolute Gasteiger partial charge is 0.481 e. The number of carboxylic acids is 1. The van der Waals surface area contributed by atoms with E-state index in [1.54, 1.807) is 0 Å². The number of rotatable bonds is 3. The summed E-state index contributed by atoms with van der Waals surface area (Å²) in [6.45, 7) is 6.73. The van der Waals surface area contributed by atoms with Gasteiger partial charge in [-0.15, -0.1) is 11.8 Å². The van der Waals surface area contributed by atoms with Crippen LogP contribution in [0.3, 0.4) is 0 Å². The Bertz CT molecular complexity index is 893. The highest BCUT2D eigenvalue weighted by atomic mass is 32.2. The Kier molecular flexibility index (Phi) is 5.33. The minimum Gasteiger partial charge on any atom is -0.481 e. The maximum atomic E-state index is 10.7. The van der Waals surface area contributed by atoms with Crippen molar-refractivity contribution in [1.29, 1.82) is 0 Å². The maximum Gasteiger partial charge on any atom is 0.309 e. The first-order valence-electron chi connectivity index (χ1n) is 8.74. The van der Waals surface area contributed by atoms with Gasteiger partial charge < -0.3 is 5.11 Å². The van der Waals surface area contributed by atoms with Crippen molar-refractivity contribution >= 4 is 17.7 Å². The zero-order chi connectivity index (χ0) is 18.7. The van der Waals surface area contributed by atoms with Gasteiger partial charge in [-0.05, 0) is 53.2 Å². The average Bonchev–Trinajstić information content (AvgIpc) is 2.60. The first-order chi connectivity index (χ1) is 12.4. The van der Waals surface area contributed by atoms with Crippen molar-refractivity contribution in [2.45, 2.75) is 50.3 Å². The second-order valence-corrected chi connectivity index (χ2v) is 8.19. The van der Waals surface area contributed by atoms with E-state index in [1.807, 2.05) is 11.8 Å². The van der Waals surface area contributed by atoms with E-state index in [9.17, 15) is 4.79 Å². The number of nitrogens with zero attached hydrogens (tertiary/aromatic N) is 2. The van der Waals surface area contributed by atoms with Gasteiger partial charge in [0.05, 0.1) is 24.5 Å². The number of fused-ring (bicyclic) bond motifs is 1. The number of aliphatic carboxylic acids is 1. The second-order valence-electron chi connectivity index (χ2n) is 7.05. The second kappa shape index (κ2) is 7.51. The summed E-state index contributed by atoms with van der Waals surface area (Å²) < 4.78 is 0. The minimum absolute atomic E-state index is 0.127. The maximum absolute atomic E-state index is 10.7. The molecule has 2 heterocycles. The summed E-state index contributed by atoms with van der Waals surface area (Å²) in [6, 6.07) is 4.52. The van der Waals surface area contributed by atoms with Gasteiger partial charge in [0.2, 0.25) is 0 Å². The minimum atomic E-state index is -0.916. The molecule has 0 amide bonds. The third-order valence-electron chi connectivity index (χ3n) is 4.66. The van der Waals surface area contributed by atoms with Crippen molar-refractivity contribution in [3.05, 3.63) is 52.6 Å². The molecule has 2 aromatic rings. The van der Waals surface area contributed by atoms with E-state index in [1.165, 1.54) is 34.8 Å². The topological polar surface area (TPSA) is 63.1 Å². The van der Waals surface area contributed by atoms with Crippen LogP contribution >= 0.6 is 11.8 Å². The SMILES string of the molecule is CCc1cc2c(cc1C#Cc1cnc(CC(=O)O)cn1)C(C)(C)CCS2. The molecule has 1 N–H and O–H groups in total. The molecule has 1 aliphatic rings. The Hall–Kier alpha value is -2.32. The molecule has 0 atom stereocenters. The van der Waals surface area contributed by atoms with Crippen LogP contribution in [0, 0.1) is 11.8 Å². The predicted octanol–water partition coefficient (Wildman–Crippen LogP) is 3.84. The Labute approximate surface area is 158 Å². The smallest absolute Gasteiger partial charge is 0.309 e. The van der Waals surface area contributed by atoms with Crippen LogP contribution in [0.1, 0.15) is 55.3 Å². The summed E-state index contributed by atoms with van der Waals surface area (Å²) in [5.41, 5.74) is 4.81. The molecule has 0 bridgehead atoms. The fourth-order valence-electron chi connectivity index (χ4n) is 3.03. The first-order valence-corrected chi connectivity index (χ1v) is 9.72. The molecule has 5 heteroatoms. The van der Waals surface area contributed by atoms with Crippen molar-refractivity contribution in [3.63, 3.8) is 0 Å². The third kappa shape index (κ3) is 4.08. The number of carboxylic acid groups (broad SMARTS) is 1. The first kappa shape index (κ1) is 18.5. The summed E-state index contributed by atoms with van der Waals surface area (Å²) in [5.74, 6) is 6.57. The van der Waals surface area contributed by atoms with E-state index in [2.05, 4.69) is 54.7 Å². The molecular weight excluding hydrogens is 344 g/mol. The van der Waals surface area contributed by atoms with Crippen LogP contribution in [0.15, 0.2) is 29.4 Å². The molecule has 0 unspecified atom stereocenters. The number of hydrogen-bond donors (Lipinski definition) is 1. The quantitative estimate of drug-likeness (QED) is 0.836. The molecule has 134 valence electrons. The van der Waals surface area contributed by atoms with E-state index in [-0.39, 0.29) is 11.8 Å². The van der Waals surface area contributed by atoms with Crippen molar-refractivity contribution < 1.29 is 9.90 Å². The molecule has 0 saturated carbocycles. The van der Waals surface area contributed by atoms with Gasteiger partial charge in [-0.3, -0.25) is 9.78 Å². The van der Waals surface area contributed by atoms with Crippen LogP contribution in [-0.4, -0.2) is 26.8 Å². The van der Waals surface area contributed by atoms with Gasteiger partial charge in [0.1, 0.15) is 5.69 Å². The van der Waals surface area contributed by atoms with Crippen molar-refractivity contribution in [1.82, 2.24) is 9.97 Å². The van der Waals surface area contributed by atoms with Crippen LogP contribution in [0.2, 0.25) is 0 Å². The zero-order valence-corrected chi connectivity index (χ0v) is 16.1. The monoisotopic (exact) mass is 366 g/mol. The Morgan fingerprint density at radius 1 is 1.27 bits per heavy atom. The Morgan fingerprint density at radius 2 is 2.08 bits per heavy atom. The molecular formula is C21H22N2O2S. The average molecular weight is 366 g/mol. The number of carbonyl (C=O) groups is 1. The molecule has 0 aliphatic carbocycles. The molecule has 4 nitrogen and oxygen atoms in total. The summed E-state index contributed by atoms with van der Waals surface area (Å²) >= 11 is 1.93. The standard InChI is InChI=1S/C21H22N2O2S/c1-4-14-10-19-18(21(2,3)7-8-26-19)9-15(14)5-6-16-12-23-17(13-22-16)11-20(24)25/h9-10,12-13H,4,7-8,11H2,1-3H3,(H,24,25). The molecule has 3 rings (SSSR count). The zero-order valence-electron chi connectivity index (χ0n) is 15.3. The van der Waals surface area contributed by atoms with Gasteiger partial charge in [-0.2, -0.15) is 0 Å². The van der Waals surface area contributed by atoms with Crippen LogP contribution < -0.4 is 0 Å². The van der Waals surface area contributed by atoms with Crippen LogP contribution in [0.5, 0.6) is 0 Å². The van der Waals surface area contributed by atoms with Gasteiger partial charge in [0, 0.05) is 10.5 Å². The fourth-order valence-corrected chi connectivity index (χ4v) is 4.58. The lowest BCUT2D eigenvalue weighted by Gasteiger charge is -2.32. The van der Waals surface area contributed by atoms with E-state index < -0.39 is 5.97 Å². The lowest BCUT2D eigenvalue weighted by molar-refractivity contribution is -0.136. The van der Waals surface area contributed by atoms with Gasteiger partial charge in [0.15, 0.2) is 0 Å². The van der Waals surface area contributed by atoms with E-state index in [4.69, 9.17) is 5.11 Å². The van der Waals surface area contributed by atoms with E-state index >= 15 is 0 Å². The summed E-state index contributed by atoms with van der Waals surface area (Å²) in [5, 5.41) is 8.79. The van der Waals surface area contributed by atoms with E-state index in [0.29, 0.717) is 11.4 Å². The molecule has 1 aromatic heterocycles. The Balaban J connectivity index is 1.93. The lowest BCUT2D eigenvalue weighted by atomic mass is 9.80. The highest BCUT2D eigenvalue weighted by Gasteiger charge is 2.28. The van der Waals surface area contributed by atoms with Crippen molar-refractivity contribution in [3.8, 4) is 11.8 Å². The molecule has 0 radical (unpaired) electrons. The van der Waals surface area contributed by atoms with Gasteiger partial charge in [-0.25, -0.2) is 4.98 Å². The third-order valence-corrected chi connectivity index (χ3v) is 5.72. The van der Waals surface area contributed by atoms with E-state index in [0.717, 1.165) is 17.7 Å². The lowest BCUT2D eigenvalue weighted by Crippen LogP contribution is -2.23. The summed E-state index contributed by atoms with van der Waals surface area (Å²) in [7, 11) is 0. The van der Waals surface area contributed by atoms with Crippen LogP contribution in [-0.2, 0) is 23.1 Å². The van der Waals surface area contributed by atoms with Crippen LogP contribution in [0.25, 0.3) is 0 Å². The van der Waals surface area contributed by atoms with Gasteiger partial charge in [0.25, 0.3) is 0 Å². The van der Waals surface area contributed by atoms with Crippen molar-refractivity contribution in [2.24, 2.45) is 0 Å². The van der Waals surface area contributed by atoms with Crippen LogP contribution in [0.4, 0.5) is 0 Å². The molecule has 0 spiro atoms. The normalized spacial score (nSPS) is 14.9. The number of thioether (sulfide) groups is 1. The highest BCUT2D eigenvalue weighted by Crippen LogP contribution is 2.42. The predicted molar refractivity (Wildman–Crippen MR) is 104 cm³/mol. The number of aryl methyl sites for hydroxylation is 1. The van der Waals surface area contributed by atoms with Gasteiger partial charge >= 0.3 is 5.97 Å². The number of benzene rings is 1. The van der Waals surface area contributed by atoms with Gasteiger partial charge in [-0.1, -0.05) is 26.7 Å².